The highest BCUT2D eigenvalue weighted by Gasteiger charge is 2.20. The summed E-state index contributed by atoms with van der Waals surface area (Å²) in [6.45, 7) is 5.56. The Balaban J connectivity index is 1.15. The van der Waals surface area contributed by atoms with Gasteiger partial charge in [-0.25, -0.2) is 4.98 Å². The minimum atomic E-state index is -1.39. The van der Waals surface area contributed by atoms with E-state index in [4.69, 9.17) is 13.9 Å². The second kappa shape index (κ2) is 14.3. The van der Waals surface area contributed by atoms with Crippen LogP contribution in [0.5, 0.6) is 11.5 Å². The van der Waals surface area contributed by atoms with Crippen molar-refractivity contribution in [2.75, 3.05) is 46.2 Å². The Morgan fingerprint density at radius 2 is 1.85 bits per heavy atom. The van der Waals surface area contributed by atoms with Crippen molar-refractivity contribution in [1.82, 2.24) is 15.2 Å². The second-order valence-electron chi connectivity index (χ2n) is 10.00. The number of nitrogens with one attached hydrogen (secondary N) is 1. The van der Waals surface area contributed by atoms with Gasteiger partial charge in [0.15, 0.2) is 11.5 Å². The molecule has 8 nitrogen and oxygen atoms in total. The molecule has 1 aliphatic heterocycles. The van der Waals surface area contributed by atoms with Crippen LogP contribution >= 0.6 is 0 Å². The Labute approximate surface area is 233 Å². The minimum Gasteiger partial charge on any atom is -0.493 e. The molecule has 9 heteroatoms. The summed E-state index contributed by atoms with van der Waals surface area (Å²) in [7, 11) is 1.76. The fraction of sp³-hybridized carbons (Fsp3) is 0.467. The monoisotopic (exact) mass is 553 g/mol. The number of aryl methyl sites for hydroxylation is 1. The molecule has 4 rings (SSSR count). The molecular weight excluding hydrogens is 514 g/mol. The van der Waals surface area contributed by atoms with Gasteiger partial charge in [0.1, 0.15) is 11.5 Å². The van der Waals surface area contributed by atoms with E-state index in [-0.39, 0.29) is 17.4 Å². The Morgan fingerprint density at radius 3 is 2.56 bits per heavy atom. The van der Waals surface area contributed by atoms with Gasteiger partial charge in [0.25, 0.3) is 0 Å². The number of piperidine rings is 1. The fourth-order valence-corrected chi connectivity index (χ4v) is 6.02. The number of aromatic nitrogens is 1. The first-order valence-electron chi connectivity index (χ1n) is 13.5. The fourth-order valence-electron chi connectivity index (χ4n) is 4.95. The summed E-state index contributed by atoms with van der Waals surface area (Å²) in [5.74, 6) is 2.84. The van der Waals surface area contributed by atoms with E-state index < -0.39 is 10.8 Å². The molecule has 1 aliphatic rings. The maximum atomic E-state index is 12.7. The Hall–Kier alpha value is -3.17. The average Bonchev–Trinajstić information content (AvgIpc) is 3.31. The van der Waals surface area contributed by atoms with Crippen LogP contribution in [0.3, 0.4) is 0 Å². The van der Waals surface area contributed by atoms with Gasteiger partial charge in [-0.15, -0.1) is 0 Å². The van der Waals surface area contributed by atoms with Crippen LogP contribution in [0.4, 0.5) is 0 Å². The molecule has 1 N–H and O–H groups in total. The quantitative estimate of drug-likeness (QED) is 0.314. The Kier molecular flexibility index (Phi) is 10.6. The number of hydrogen-bond donors (Lipinski definition) is 1. The van der Waals surface area contributed by atoms with Crippen LogP contribution in [-0.2, 0) is 27.8 Å². The molecule has 2 heterocycles. The molecule has 0 radical (unpaired) electrons. The van der Waals surface area contributed by atoms with E-state index >= 15 is 0 Å². The highest BCUT2D eigenvalue weighted by Crippen LogP contribution is 2.32. The molecule has 0 spiro atoms. The van der Waals surface area contributed by atoms with Crippen molar-refractivity contribution in [1.29, 1.82) is 0 Å². The molecule has 0 bridgehead atoms. The number of rotatable bonds is 13. The molecule has 1 aromatic heterocycles. The summed E-state index contributed by atoms with van der Waals surface area (Å²) in [5.41, 5.74) is 2.74. The summed E-state index contributed by atoms with van der Waals surface area (Å²) in [4.78, 5) is 19.4. The third-order valence-corrected chi connectivity index (χ3v) is 8.34. The third kappa shape index (κ3) is 8.41. The minimum absolute atomic E-state index is 0.0527. The van der Waals surface area contributed by atoms with Crippen molar-refractivity contribution in [3.63, 3.8) is 0 Å². The maximum Gasteiger partial charge on any atom is 0.232 e. The van der Waals surface area contributed by atoms with E-state index in [1.165, 1.54) is 18.4 Å². The van der Waals surface area contributed by atoms with Gasteiger partial charge in [0.2, 0.25) is 11.8 Å². The van der Waals surface area contributed by atoms with Gasteiger partial charge in [0, 0.05) is 22.9 Å². The predicted molar refractivity (Wildman–Crippen MR) is 153 cm³/mol. The number of oxazole rings is 1. The average molecular weight is 554 g/mol. The standard InChI is InChI=1S/C30H39N3O5S/c1-22-26(32-30(38-22)25-10-11-27(36-2)28(19-25)37-3)20-39(35)21-29(34)31-14-7-15-33-16-12-24(13-17-33)18-23-8-5-4-6-9-23/h4-6,8-11,19,24H,7,12-18,20-21H2,1-3H3,(H,31,34)/t39-/m0/s1. The maximum absolute atomic E-state index is 12.7. The molecule has 0 saturated carbocycles. The Bertz CT molecular complexity index is 1240. The van der Waals surface area contributed by atoms with Crippen molar-refractivity contribution in [3.8, 4) is 23.0 Å². The lowest BCUT2D eigenvalue weighted by molar-refractivity contribution is -0.118. The van der Waals surface area contributed by atoms with Gasteiger partial charge in [-0.3, -0.25) is 9.00 Å². The number of ether oxygens (including phenoxy) is 2. The lowest BCUT2D eigenvalue weighted by Gasteiger charge is -2.32. The summed E-state index contributed by atoms with van der Waals surface area (Å²) in [6, 6.07) is 16.1. The number of amides is 1. The second-order valence-corrected chi connectivity index (χ2v) is 11.5. The van der Waals surface area contributed by atoms with Crippen molar-refractivity contribution in [2.24, 2.45) is 5.92 Å². The largest absolute Gasteiger partial charge is 0.493 e. The topological polar surface area (TPSA) is 93.9 Å². The van der Waals surface area contributed by atoms with Crippen LogP contribution in [0, 0.1) is 12.8 Å². The summed E-state index contributed by atoms with van der Waals surface area (Å²) < 4.78 is 29.1. The number of hydrogen-bond acceptors (Lipinski definition) is 7. The van der Waals surface area contributed by atoms with Crippen molar-refractivity contribution in [2.45, 2.75) is 38.4 Å². The normalized spacial score (nSPS) is 15.2. The number of likely N-dealkylation sites (tertiary alicyclic amines) is 1. The highest BCUT2D eigenvalue weighted by atomic mass is 32.2. The number of carbonyl (C=O) groups excluding carboxylic acids is 1. The SMILES string of the molecule is COc1ccc(-c2nc(C[S@](=O)CC(=O)NCCCN3CCC(Cc4ccccc4)CC3)c(C)o2)cc1OC. The zero-order chi connectivity index (χ0) is 27.6. The molecule has 0 aliphatic carbocycles. The Morgan fingerprint density at radius 1 is 1.10 bits per heavy atom. The van der Waals surface area contributed by atoms with Crippen molar-refractivity contribution >= 4 is 16.7 Å². The van der Waals surface area contributed by atoms with Gasteiger partial charge in [-0.1, -0.05) is 30.3 Å². The molecule has 1 saturated heterocycles. The van der Waals surface area contributed by atoms with E-state index in [0.29, 0.717) is 35.4 Å². The first-order chi connectivity index (χ1) is 18.9. The summed E-state index contributed by atoms with van der Waals surface area (Å²) in [6.07, 6.45) is 4.48. The molecular formula is C30H39N3O5S. The molecule has 3 aromatic rings. The number of nitrogens with zero attached hydrogens (tertiary/aromatic N) is 2. The highest BCUT2D eigenvalue weighted by molar-refractivity contribution is 7.84. The van der Waals surface area contributed by atoms with E-state index in [9.17, 15) is 9.00 Å². The third-order valence-electron chi connectivity index (χ3n) is 7.16. The van der Waals surface area contributed by atoms with Crippen LogP contribution in [0.2, 0.25) is 0 Å². The van der Waals surface area contributed by atoms with Crippen LogP contribution < -0.4 is 14.8 Å². The molecule has 210 valence electrons. The lowest BCUT2D eigenvalue weighted by atomic mass is 9.90. The molecule has 1 atom stereocenters. The van der Waals surface area contributed by atoms with Gasteiger partial charge in [-0.05, 0) is 81.9 Å². The van der Waals surface area contributed by atoms with Gasteiger partial charge < -0.3 is 24.1 Å². The van der Waals surface area contributed by atoms with Gasteiger partial charge >= 0.3 is 0 Å². The summed E-state index contributed by atoms with van der Waals surface area (Å²) >= 11 is 0. The van der Waals surface area contributed by atoms with E-state index in [1.807, 2.05) is 6.07 Å². The molecule has 39 heavy (non-hydrogen) atoms. The first kappa shape index (κ1) is 28.8. The summed E-state index contributed by atoms with van der Waals surface area (Å²) in [5, 5.41) is 2.92. The zero-order valence-corrected chi connectivity index (χ0v) is 23.9. The number of methoxy groups -OCH3 is 2. The van der Waals surface area contributed by atoms with Crippen LogP contribution in [0.25, 0.3) is 11.5 Å². The van der Waals surface area contributed by atoms with E-state index in [0.717, 1.165) is 44.0 Å². The van der Waals surface area contributed by atoms with Crippen molar-refractivity contribution in [3.05, 3.63) is 65.5 Å². The lowest BCUT2D eigenvalue weighted by Crippen LogP contribution is -2.37. The van der Waals surface area contributed by atoms with Crippen molar-refractivity contribution < 1.29 is 22.9 Å². The van der Waals surface area contributed by atoms with Crippen LogP contribution in [0.1, 0.15) is 36.3 Å². The van der Waals surface area contributed by atoms with E-state index in [2.05, 4.69) is 45.5 Å². The van der Waals surface area contributed by atoms with E-state index in [1.54, 1.807) is 33.3 Å². The first-order valence-corrected chi connectivity index (χ1v) is 15.0. The molecule has 0 unspecified atom stereocenters. The zero-order valence-electron chi connectivity index (χ0n) is 23.1. The molecule has 1 fully saturated rings. The molecule has 1 amide bonds. The molecule has 2 aromatic carbocycles. The van der Waals surface area contributed by atoms with Crippen LogP contribution in [0.15, 0.2) is 52.9 Å². The number of carbonyl (C=O) groups is 1. The smallest absolute Gasteiger partial charge is 0.232 e. The van der Waals surface area contributed by atoms with Crippen LogP contribution in [-0.4, -0.2) is 66.2 Å². The predicted octanol–water partition coefficient (Wildman–Crippen LogP) is 4.38. The van der Waals surface area contributed by atoms with Gasteiger partial charge in [0.05, 0.1) is 25.7 Å². The number of benzene rings is 2. The van der Waals surface area contributed by atoms with Gasteiger partial charge in [-0.2, -0.15) is 0 Å².